The monoisotopic (exact) mass is 473 g/mol. The molecule has 3 heterocycles. The summed E-state index contributed by atoms with van der Waals surface area (Å²) in [6.45, 7) is 1.27. The standard InChI is InChI=1S/C27H20FNO6/c1-31-22-11-18-19(12-24(22)34-13-15-2-5-17(28)6-3-15)29-20-14-35-27(30)26(20)25(18)16-4-7-21-23(10-16)33-9-8-32-21/h2-7,10-12H,8-9,13-14H2,1H3. The van der Waals surface area contributed by atoms with Gasteiger partial charge in [0.2, 0.25) is 0 Å². The van der Waals surface area contributed by atoms with Gasteiger partial charge in [0.05, 0.1) is 23.9 Å². The van der Waals surface area contributed by atoms with E-state index in [1.165, 1.54) is 12.1 Å². The minimum absolute atomic E-state index is 0.0967. The molecule has 0 amide bonds. The zero-order valence-electron chi connectivity index (χ0n) is 18.8. The Morgan fingerprint density at radius 1 is 0.914 bits per heavy atom. The Morgan fingerprint density at radius 2 is 1.71 bits per heavy atom. The summed E-state index contributed by atoms with van der Waals surface area (Å²) in [5.74, 6) is 1.51. The molecule has 3 aromatic carbocycles. The predicted octanol–water partition coefficient (Wildman–Crippen LogP) is 5.07. The lowest BCUT2D eigenvalue weighted by Gasteiger charge is -2.20. The van der Waals surface area contributed by atoms with E-state index in [1.807, 2.05) is 18.2 Å². The zero-order chi connectivity index (χ0) is 23.9. The van der Waals surface area contributed by atoms with Gasteiger partial charge in [-0.1, -0.05) is 18.2 Å². The fourth-order valence-electron chi connectivity index (χ4n) is 4.37. The average Bonchev–Trinajstić information content (AvgIpc) is 3.26. The third-order valence-corrected chi connectivity index (χ3v) is 6.03. The maximum absolute atomic E-state index is 13.2. The summed E-state index contributed by atoms with van der Waals surface area (Å²) < 4.78 is 41.6. The van der Waals surface area contributed by atoms with Crippen molar-refractivity contribution >= 4 is 16.9 Å². The topological polar surface area (TPSA) is 76.1 Å². The molecule has 8 heteroatoms. The Morgan fingerprint density at radius 3 is 2.51 bits per heavy atom. The molecule has 0 radical (unpaired) electrons. The van der Waals surface area contributed by atoms with Crippen molar-refractivity contribution in [1.29, 1.82) is 0 Å². The van der Waals surface area contributed by atoms with E-state index in [1.54, 1.807) is 31.4 Å². The molecule has 0 bridgehead atoms. The third kappa shape index (κ3) is 3.77. The maximum Gasteiger partial charge on any atom is 0.341 e. The third-order valence-electron chi connectivity index (χ3n) is 6.03. The number of aromatic nitrogens is 1. The summed E-state index contributed by atoms with van der Waals surface area (Å²) >= 11 is 0. The van der Waals surface area contributed by atoms with Crippen LogP contribution in [0.25, 0.3) is 22.0 Å². The number of cyclic esters (lactones) is 1. The first-order chi connectivity index (χ1) is 17.1. The second kappa shape index (κ2) is 8.47. The molecule has 2 aliphatic heterocycles. The molecule has 1 aromatic heterocycles. The Hall–Kier alpha value is -4.33. The minimum Gasteiger partial charge on any atom is -0.493 e. The van der Waals surface area contributed by atoms with Gasteiger partial charge in [0.1, 0.15) is 32.2 Å². The van der Waals surface area contributed by atoms with Gasteiger partial charge in [0.15, 0.2) is 23.0 Å². The van der Waals surface area contributed by atoms with Crippen LogP contribution in [0, 0.1) is 5.82 Å². The van der Waals surface area contributed by atoms with Crippen LogP contribution in [0.15, 0.2) is 54.6 Å². The van der Waals surface area contributed by atoms with Crippen LogP contribution >= 0.6 is 0 Å². The van der Waals surface area contributed by atoms with Crippen molar-refractivity contribution in [2.24, 2.45) is 0 Å². The van der Waals surface area contributed by atoms with E-state index in [-0.39, 0.29) is 19.0 Å². The Balaban J connectivity index is 1.48. The van der Waals surface area contributed by atoms with Crippen LogP contribution in [0.1, 0.15) is 21.6 Å². The van der Waals surface area contributed by atoms with Gasteiger partial charge in [-0.3, -0.25) is 0 Å². The van der Waals surface area contributed by atoms with E-state index in [0.717, 1.165) is 11.1 Å². The molecule has 2 aliphatic rings. The Bertz CT molecular complexity index is 1470. The molecule has 35 heavy (non-hydrogen) atoms. The number of carbonyl (C=O) groups excluding carboxylic acids is 1. The summed E-state index contributed by atoms with van der Waals surface area (Å²) in [6.07, 6.45) is 0. The van der Waals surface area contributed by atoms with Gasteiger partial charge in [0.25, 0.3) is 0 Å². The molecule has 0 spiro atoms. The van der Waals surface area contributed by atoms with Crippen molar-refractivity contribution in [3.8, 4) is 34.1 Å². The largest absolute Gasteiger partial charge is 0.493 e. The predicted molar refractivity (Wildman–Crippen MR) is 125 cm³/mol. The number of rotatable bonds is 5. The highest BCUT2D eigenvalue weighted by molar-refractivity contribution is 6.09. The van der Waals surface area contributed by atoms with Gasteiger partial charge in [-0.25, -0.2) is 14.2 Å². The van der Waals surface area contributed by atoms with E-state index in [4.69, 9.17) is 28.7 Å². The van der Waals surface area contributed by atoms with Crippen LogP contribution in [-0.2, 0) is 18.0 Å². The first-order valence-corrected chi connectivity index (χ1v) is 11.1. The van der Waals surface area contributed by atoms with E-state index < -0.39 is 5.97 Å². The lowest BCUT2D eigenvalue weighted by atomic mass is 9.94. The molecule has 0 saturated heterocycles. The summed E-state index contributed by atoms with van der Waals surface area (Å²) in [4.78, 5) is 17.4. The number of hydrogen-bond acceptors (Lipinski definition) is 7. The SMILES string of the molecule is COc1cc2c(-c3ccc4c(c3)OCCO4)c3c(nc2cc1OCc1ccc(F)cc1)COC3=O. The lowest BCUT2D eigenvalue weighted by Crippen LogP contribution is -2.15. The van der Waals surface area contributed by atoms with Crippen molar-refractivity contribution in [3.05, 3.63) is 77.2 Å². The van der Waals surface area contributed by atoms with Crippen molar-refractivity contribution < 1.29 is 32.9 Å². The molecule has 176 valence electrons. The van der Waals surface area contributed by atoms with Gasteiger partial charge in [-0.05, 0) is 41.5 Å². The molecule has 0 fully saturated rings. The van der Waals surface area contributed by atoms with Gasteiger partial charge in [-0.2, -0.15) is 0 Å². The number of fused-ring (bicyclic) bond motifs is 3. The average molecular weight is 473 g/mol. The number of hydrogen-bond donors (Lipinski definition) is 0. The Kier molecular flexibility index (Phi) is 5.13. The number of methoxy groups -OCH3 is 1. The molecule has 0 saturated carbocycles. The molecule has 0 unspecified atom stereocenters. The number of halogens is 1. The van der Waals surface area contributed by atoms with E-state index >= 15 is 0 Å². The van der Waals surface area contributed by atoms with Crippen LogP contribution in [-0.4, -0.2) is 31.3 Å². The maximum atomic E-state index is 13.2. The molecule has 0 N–H and O–H groups in total. The number of esters is 1. The summed E-state index contributed by atoms with van der Waals surface area (Å²) in [5, 5.41) is 0.713. The molecular formula is C27H20FNO6. The quantitative estimate of drug-likeness (QED) is 0.375. The van der Waals surface area contributed by atoms with Crippen LogP contribution in [0.5, 0.6) is 23.0 Å². The fraction of sp³-hybridized carbons (Fsp3) is 0.185. The van der Waals surface area contributed by atoms with Gasteiger partial charge in [0, 0.05) is 17.0 Å². The highest BCUT2D eigenvalue weighted by Crippen LogP contribution is 2.43. The number of ether oxygens (including phenoxy) is 5. The molecular weight excluding hydrogens is 453 g/mol. The molecule has 0 aliphatic carbocycles. The summed E-state index contributed by atoms with van der Waals surface area (Å²) in [6, 6.07) is 15.3. The highest BCUT2D eigenvalue weighted by atomic mass is 19.1. The molecule has 4 aromatic rings. The van der Waals surface area contributed by atoms with Crippen molar-refractivity contribution in [2.75, 3.05) is 20.3 Å². The summed E-state index contributed by atoms with van der Waals surface area (Å²) in [7, 11) is 1.55. The van der Waals surface area contributed by atoms with Crippen LogP contribution < -0.4 is 18.9 Å². The molecule has 6 rings (SSSR count). The first kappa shape index (κ1) is 21.2. The van der Waals surface area contributed by atoms with Crippen molar-refractivity contribution in [1.82, 2.24) is 4.98 Å². The van der Waals surface area contributed by atoms with Gasteiger partial charge in [-0.15, -0.1) is 0 Å². The van der Waals surface area contributed by atoms with Crippen molar-refractivity contribution in [3.63, 3.8) is 0 Å². The van der Waals surface area contributed by atoms with Gasteiger partial charge < -0.3 is 23.7 Å². The molecule has 7 nitrogen and oxygen atoms in total. The number of nitrogens with zero attached hydrogens (tertiary/aromatic N) is 1. The smallest absolute Gasteiger partial charge is 0.341 e. The second-order valence-corrected chi connectivity index (χ2v) is 8.18. The first-order valence-electron chi connectivity index (χ1n) is 11.1. The lowest BCUT2D eigenvalue weighted by molar-refractivity contribution is 0.0534. The zero-order valence-corrected chi connectivity index (χ0v) is 18.8. The highest BCUT2D eigenvalue weighted by Gasteiger charge is 2.30. The van der Waals surface area contributed by atoms with Crippen LogP contribution in [0.3, 0.4) is 0 Å². The summed E-state index contributed by atoms with van der Waals surface area (Å²) in [5.41, 5.74) is 3.89. The van der Waals surface area contributed by atoms with E-state index in [9.17, 15) is 9.18 Å². The minimum atomic E-state index is -0.421. The second-order valence-electron chi connectivity index (χ2n) is 8.18. The van der Waals surface area contributed by atoms with E-state index in [0.29, 0.717) is 63.9 Å². The normalized spacial score (nSPS) is 13.9. The van der Waals surface area contributed by atoms with E-state index in [2.05, 4.69) is 0 Å². The van der Waals surface area contributed by atoms with Crippen LogP contribution in [0.2, 0.25) is 0 Å². The van der Waals surface area contributed by atoms with Crippen molar-refractivity contribution in [2.45, 2.75) is 13.2 Å². The number of pyridine rings is 1. The Labute approximate surface area is 200 Å². The van der Waals surface area contributed by atoms with Gasteiger partial charge >= 0.3 is 5.97 Å². The number of benzene rings is 3. The number of carbonyl (C=O) groups is 1. The molecule has 0 atom stereocenters. The van der Waals surface area contributed by atoms with Crippen LogP contribution in [0.4, 0.5) is 4.39 Å². The fourth-order valence-corrected chi connectivity index (χ4v) is 4.37.